The largest absolute Gasteiger partial charge is 0.493 e. The average Bonchev–Trinajstić information content (AvgIpc) is 3.43. The molecule has 0 fully saturated rings. The van der Waals surface area contributed by atoms with Crippen molar-refractivity contribution in [2.75, 3.05) is 11.9 Å². The molecule has 0 aliphatic carbocycles. The second kappa shape index (κ2) is 9.15. The lowest BCUT2D eigenvalue weighted by Gasteiger charge is -2.12. The molecule has 170 valence electrons. The van der Waals surface area contributed by atoms with Crippen LogP contribution in [0.1, 0.15) is 25.1 Å². The molecule has 1 amide bonds. The SMILES string of the molecule is CCOc1cc2occ(-c3ccc4ccccc4c3)c2cc1/C(C)=C/C(=O)Nc1nc(C)cs1. The first-order chi connectivity index (χ1) is 16.5. The first-order valence-electron chi connectivity index (χ1n) is 11.1. The smallest absolute Gasteiger partial charge is 0.250 e. The van der Waals surface area contributed by atoms with Crippen molar-refractivity contribution in [1.29, 1.82) is 0 Å². The van der Waals surface area contributed by atoms with E-state index in [1.165, 1.54) is 22.1 Å². The first-order valence-corrected chi connectivity index (χ1v) is 12.0. The molecule has 0 aliphatic rings. The van der Waals surface area contributed by atoms with E-state index < -0.39 is 0 Å². The summed E-state index contributed by atoms with van der Waals surface area (Å²) < 4.78 is 11.8. The number of rotatable bonds is 6. The van der Waals surface area contributed by atoms with Crippen LogP contribution in [0.15, 0.2) is 76.7 Å². The number of allylic oxidation sites excluding steroid dienone is 1. The van der Waals surface area contributed by atoms with E-state index in [0.717, 1.165) is 38.9 Å². The number of benzene rings is 3. The Kier molecular flexibility index (Phi) is 5.90. The fourth-order valence-electron chi connectivity index (χ4n) is 4.05. The Bertz CT molecular complexity index is 1540. The standard InChI is InChI=1S/C28H24N2O3S/c1-4-32-25-14-26-23(13-22(25)17(2)11-27(31)30-28-29-18(3)16-34-28)24(15-33-26)21-10-9-19-7-5-6-8-20(19)12-21/h5-16H,4H2,1-3H3,(H,29,30,31)/b17-11+. The molecule has 0 bridgehead atoms. The molecule has 2 aromatic heterocycles. The number of ether oxygens (including phenoxy) is 1. The normalized spacial score (nSPS) is 11.8. The van der Waals surface area contributed by atoms with Crippen LogP contribution >= 0.6 is 11.3 Å². The topological polar surface area (TPSA) is 64.4 Å². The highest BCUT2D eigenvalue weighted by molar-refractivity contribution is 7.13. The van der Waals surface area contributed by atoms with Crippen LogP contribution in [0.3, 0.4) is 0 Å². The van der Waals surface area contributed by atoms with E-state index in [4.69, 9.17) is 9.15 Å². The van der Waals surface area contributed by atoms with Crippen LogP contribution < -0.4 is 10.1 Å². The summed E-state index contributed by atoms with van der Waals surface area (Å²) in [5.41, 5.74) is 5.34. The number of hydrogen-bond acceptors (Lipinski definition) is 5. The van der Waals surface area contributed by atoms with Crippen LogP contribution in [0.25, 0.3) is 38.4 Å². The summed E-state index contributed by atoms with van der Waals surface area (Å²) >= 11 is 1.41. The molecule has 2 heterocycles. The lowest BCUT2D eigenvalue weighted by atomic mass is 9.97. The lowest BCUT2D eigenvalue weighted by Crippen LogP contribution is -2.08. The van der Waals surface area contributed by atoms with Crippen molar-refractivity contribution in [2.45, 2.75) is 20.8 Å². The Morgan fingerprint density at radius 1 is 1.15 bits per heavy atom. The zero-order chi connectivity index (χ0) is 23.7. The van der Waals surface area contributed by atoms with Gasteiger partial charge in [-0.1, -0.05) is 36.4 Å². The maximum atomic E-state index is 12.6. The summed E-state index contributed by atoms with van der Waals surface area (Å²) in [5, 5.41) is 8.66. The predicted octanol–water partition coefficient (Wildman–Crippen LogP) is 7.46. The van der Waals surface area contributed by atoms with Crippen LogP contribution in [0.2, 0.25) is 0 Å². The Balaban J connectivity index is 1.56. The minimum atomic E-state index is -0.226. The number of anilines is 1. The van der Waals surface area contributed by atoms with E-state index in [1.807, 2.05) is 50.4 Å². The van der Waals surface area contributed by atoms with E-state index in [1.54, 1.807) is 12.3 Å². The summed E-state index contributed by atoms with van der Waals surface area (Å²) in [6, 6.07) is 18.6. The molecule has 0 saturated carbocycles. The molecule has 6 heteroatoms. The van der Waals surface area contributed by atoms with Crippen LogP contribution in [0, 0.1) is 6.92 Å². The molecule has 34 heavy (non-hydrogen) atoms. The molecule has 5 nitrogen and oxygen atoms in total. The minimum Gasteiger partial charge on any atom is -0.493 e. The number of aromatic nitrogens is 1. The van der Waals surface area contributed by atoms with Crippen LogP contribution in [-0.4, -0.2) is 17.5 Å². The summed E-state index contributed by atoms with van der Waals surface area (Å²) in [6.45, 7) is 6.25. The van der Waals surface area contributed by atoms with Gasteiger partial charge in [-0.15, -0.1) is 11.3 Å². The fraction of sp³-hybridized carbons (Fsp3) is 0.143. The fourth-order valence-corrected chi connectivity index (χ4v) is 4.74. The number of aryl methyl sites for hydroxylation is 1. The Morgan fingerprint density at radius 3 is 2.74 bits per heavy atom. The van der Waals surface area contributed by atoms with Gasteiger partial charge in [0.15, 0.2) is 5.13 Å². The van der Waals surface area contributed by atoms with Gasteiger partial charge in [0.05, 0.1) is 18.6 Å². The highest BCUT2D eigenvalue weighted by atomic mass is 32.1. The zero-order valence-corrected chi connectivity index (χ0v) is 20.0. The van der Waals surface area contributed by atoms with Crippen molar-refractivity contribution >= 4 is 49.7 Å². The van der Waals surface area contributed by atoms with Crippen molar-refractivity contribution in [3.63, 3.8) is 0 Å². The highest BCUT2D eigenvalue weighted by Crippen LogP contribution is 2.38. The molecule has 5 aromatic rings. The van der Waals surface area contributed by atoms with E-state index in [0.29, 0.717) is 17.5 Å². The number of carbonyl (C=O) groups is 1. The molecule has 0 spiro atoms. The molecule has 3 aromatic carbocycles. The van der Waals surface area contributed by atoms with Crippen molar-refractivity contribution in [3.05, 3.63) is 83.6 Å². The van der Waals surface area contributed by atoms with Crippen LogP contribution in [-0.2, 0) is 4.79 Å². The third kappa shape index (κ3) is 4.32. The molecular formula is C28H24N2O3S. The molecule has 0 atom stereocenters. The molecular weight excluding hydrogens is 444 g/mol. The van der Waals surface area contributed by atoms with Crippen LogP contribution in [0.5, 0.6) is 5.75 Å². The second-order valence-electron chi connectivity index (χ2n) is 8.10. The van der Waals surface area contributed by atoms with Gasteiger partial charge in [-0.3, -0.25) is 10.1 Å². The maximum Gasteiger partial charge on any atom is 0.250 e. The second-order valence-corrected chi connectivity index (χ2v) is 8.96. The van der Waals surface area contributed by atoms with Gasteiger partial charge in [-0.2, -0.15) is 0 Å². The maximum absolute atomic E-state index is 12.6. The third-order valence-corrected chi connectivity index (χ3v) is 6.53. The summed E-state index contributed by atoms with van der Waals surface area (Å²) in [5.74, 6) is 0.456. The van der Waals surface area contributed by atoms with E-state index in [9.17, 15) is 4.79 Å². The summed E-state index contributed by atoms with van der Waals surface area (Å²) in [4.78, 5) is 16.9. The molecule has 0 radical (unpaired) electrons. The van der Waals surface area contributed by atoms with Gasteiger partial charge in [-0.25, -0.2) is 4.98 Å². The number of fused-ring (bicyclic) bond motifs is 2. The number of furan rings is 1. The average molecular weight is 469 g/mol. The highest BCUT2D eigenvalue weighted by Gasteiger charge is 2.16. The number of nitrogens with one attached hydrogen (secondary N) is 1. The predicted molar refractivity (Wildman–Crippen MR) is 139 cm³/mol. The number of amides is 1. The van der Waals surface area contributed by atoms with Gasteiger partial charge in [-0.05, 0) is 54.8 Å². The number of nitrogens with zero attached hydrogens (tertiary/aromatic N) is 1. The monoisotopic (exact) mass is 468 g/mol. The number of carbonyl (C=O) groups excluding carboxylic acids is 1. The van der Waals surface area contributed by atoms with Gasteiger partial charge in [0.25, 0.3) is 0 Å². The number of thiazole rings is 1. The molecule has 0 saturated heterocycles. The van der Waals surface area contributed by atoms with Crippen molar-refractivity contribution in [1.82, 2.24) is 4.98 Å². The van der Waals surface area contributed by atoms with Gasteiger partial charge < -0.3 is 9.15 Å². The van der Waals surface area contributed by atoms with Gasteiger partial charge in [0, 0.05) is 34.0 Å². The summed E-state index contributed by atoms with van der Waals surface area (Å²) in [7, 11) is 0. The number of hydrogen-bond donors (Lipinski definition) is 1. The first kappa shape index (κ1) is 21.9. The van der Waals surface area contributed by atoms with Crippen LogP contribution in [0.4, 0.5) is 5.13 Å². The van der Waals surface area contributed by atoms with E-state index in [-0.39, 0.29) is 5.91 Å². The van der Waals surface area contributed by atoms with Crippen molar-refractivity contribution < 1.29 is 13.9 Å². The van der Waals surface area contributed by atoms with Gasteiger partial charge >= 0.3 is 0 Å². The lowest BCUT2D eigenvalue weighted by molar-refractivity contribution is -0.111. The van der Waals surface area contributed by atoms with E-state index >= 15 is 0 Å². The molecule has 1 N–H and O–H groups in total. The Labute approximate surface area is 201 Å². The third-order valence-electron chi connectivity index (χ3n) is 5.66. The van der Waals surface area contributed by atoms with E-state index in [2.05, 4.69) is 40.6 Å². The zero-order valence-electron chi connectivity index (χ0n) is 19.2. The Hall–Kier alpha value is -3.90. The molecule has 5 rings (SSSR count). The van der Waals surface area contributed by atoms with Gasteiger partial charge in [0.2, 0.25) is 5.91 Å². The van der Waals surface area contributed by atoms with Crippen molar-refractivity contribution in [2.24, 2.45) is 0 Å². The molecule has 0 unspecified atom stereocenters. The summed E-state index contributed by atoms with van der Waals surface area (Å²) in [6.07, 6.45) is 3.36. The Morgan fingerprint density at radius 2 is 1.97 bits per heavy atom. The molecule has 0 aliphatic heterocycles. The van der Waals surface area contributed by atoms with Crippen molar-refractivity contribution in [3.8, 4) is 16.9 Å². The quantitative estimate of drug-likeness (QED) is 0.263. The minimum absolute atomic E-state index is 0.226. The van der Waals surface area contributed by atoms with Gasteiger partial charge in [0.1, 0.15) is 11.3 Å².